The maximum atomic E-state index is 6.18. The van der Waals surface area contributed by atoms with Crippen molar-refractivity contribution in [3.63, 3.8) is 0 Å². The average Bonchev–Trinajstić information content (AvgIpc) is 2.55. The van der Waals surface area contributed by atoms with Gasteiger partial charge in [-0.05, 0) is 49.7 Å². The van der Waals surface area contributed by atoms with Crippen molar-refractivity contribution < 1.29 is 0 Å². The third-order valence-corrected chi connectivity index (χ3v) is 4.76. The lowest BCUT2D eigenvalue weighted by molar-refractivity contribution is 0.683. The van der Waals surface area contributed by atoms with Crippen molar-refractivity contribution in [1.82, 2.24) is 9.97 Å². The molecule has 0 aliphatic carbocycles. The molecule has 1 heterocycles. The number of hydrogen-bond donors (Lipinski definition) is 2. The van der Waals surface area contributed by atoms with Crippen molar-refractivity contribution in [3.05, 3.63) is 52.0 Å². The lowest BCUT2D eigenvalue weighted by atomic mass is 10.1. The summed E-state index contributed by atoms with van der Waals surface area (Å²) in [5.41, 5.74) is 14.5. The van der Waals surface area contributed by atoms with E-state index >= 15 is 0 Å². The second-order valence-electron chi connectivity index (χ2n) is 6.14. The summed E-state index contributed by atoms with van der Waals surface area (Å²) < 4.78 is 0. The molecule has 0 aliphatic rings. The molecule has 0 spiro atoms. The number of nitrogen functional groups attached to an aromatic ring is 2. The summed E-state index contributed by atoms with van der Waals surface area (Å²) >= 11 is 12.2. The number of fused-ring (bicyclic) bond motifs is 1. The molecule has 25 heavy (non-hydrogen) atoms. The van der Waals surface area contributed by atoms with Crippen molar-refractivity contribution >= 4 is 51.6 Å². The molecule has 0 atom stereocenters. The van der Waals surface area contributed by atoms with E-state index in [1.807, 2.05) is 36.4 Å². The third kappa shape index (κ3) is 3.72. The number of rotatable bonds is 4. The molecule has 0 amide bonds. The van der Waals surface area contributed by atoms with E-state index in [0.717, 1.165) is 22.2 Å². The van der Waals surface area contributed by atoms with E-state index in [1.54, 1.807) is 0 Å². The Balaban J connectivity index is 1.97. The summed E-state index contributed by atoms with van der Waals surface area (Å²) in [5, 5.41) is 1.88. The van der Waals surface area contributed by atoms with Crippen LogP contribution in [-0.4, -0.2) is 16.0 Å². The van der Waals surface area contributed by atoms with Crippen LogP contribution in [0, 0.1) is 0 Å². The van der Waals surface area contributed by atoms with E-state index < -0.39 is 0 Å². The Kier molecular flexibility index (Phi) is 4.88. The second-order valence-corrected chi connectivity index (χ2v) is 6.95. The zero-order chi connectivity index (χ0) is 18.1. The third-order valence-electron chi connectivity index (χ3n) is 4.02. The molecule has 5 nitrogen and oxygen atoms in total. The smallest absolute Gasteiger partial charge is 0.222 e. The monoisotopic (exact) mass is 375 g/mol. The summed E-state index contributed by atoms with van der Waals surface area (Å²) in [5.74, 6) is 0.562. The number of anilines is 3. The standard InChI is InChI=1S/C18H19Cl2N5/c1-10(2)25(12-4-5-14(19)15(20)8-12)9-11-3-6-16-13(7-11)17(21)24-18(22)23-16/h3-8,10H,9H2,1-2H3,(H4,21,22,23,24). The first-order valence-corrected chi connectivity index (χ1v) is 8.64. The molecule has 0 aliphatic heterocycles. The maximum absolute atomic E-state index is 6.18. The predicted octanol–water partition coefficient (Wildman–Crippen LogP) is 4.52. The van der Waals surface area contributed by atoms with Crippen LogP contribution in [-0.2, 0) is 6.54 Å². The van der Waals surface area contributed by atoms with Crippen LogP contribution in [0.3, 0.4) is 0 Å². The van der Waals surface area contributed by atoms with Gasteiger partial charge in [-0.1, -0.05) is 29.3 Å². The second kappa shape index (κ2) is 6.94. The van der Waals surface area contributed by atoms with Gasteiger partial charge in [0.2, 0.25) is 5.95 Å². The Hall–Kier alpha value is -2.24. The molecule has 4 N–H and O–H groups in total. The fraction of sp³-hybridized carbons (Fsp3) is 0.222. The van der Waals surface area contributed by atoms with E-state index in [1.165, 1.54) is 0 Å². The van der Waals surface area contributed by atoms with Gasteiger partial charge in [0.1, 0.15) is 5.82 Å². The van der Waals surface area contributed by atoms with Crippen LogP contribution in [0.25, 0.3) is 10.9 Å². The lowest BCUT2D eigenvalue weighted by Gasteiger charge is -2.29. The normalized spacial score (nSPS) is 11.2. The Bertz CT molecular complexity index is 927. The highest BCUT2D eigenvalue weighted by Gasteiger charge is 2.14. The molecule has 130 valence electrons. The van der Waals surface area contributed by atoms with Gasteiger partial charge >= 0.3 is 0 Å². The fourth-order valence-electron chi connectivity index (χ4n) is 2.75. The summed E-state index contributed by atoms with van der Waals surface area (Å²) in [6.07, 6.45) is 0. The molecule has 3 aromatic rings. The van der Waals surface area contributed by atoms with Crippen LogP contribution in [0.2, 0.25) is 10.0 Å². The first kappa shape index (κ1) is 17.6. The minimum absolute atomic E-state index is 0.178. The van der Waals surface area contributed by atoms with Gasteiger partial charge < -0.3 is 16.4 Å². The minimum atomic E-state index is 0.178. The van der Waals surface area contributed by atoms with E-state index in [-0.39, 0.29) is 12.0 Å². The van der Waals surface area contributed by atoms with Gasteiger partial charge in [-0.15, -0.1) is 0 Å². The number of aromatic nitrogens is 2. The molecular formula is C18H19Cl2N5. The Morgan fingerprint density at radius 2 is 1.76 bits per heavy atom. The Labute approximate surface area is 156 Å². The van der Waals surface area contributed by atoms with Crippen molar-refractivity contribution in [1.29, 1.82) is 0 Å². The summed E-state index contributed by atoms with van der Waals surface area (Å²) in [4.78, 5) is 10.5. The van der Waals surface area contributed by atoms with Crippen LogP contribution >= 0.6 is 23.2 Å². The van der Waals surface area contributed by atoms with Crippen molar-refractivity contribution in [2.45, 2.75) is 26.4 Å². The van der Waals surface area contributed by atoms with E-state index in [4.69, 9.17) is 34.7 Å². The predicted molar refractivity (Wildman–Crippen MR) is 106 cm³/mol. The van der Waals surface area contributed by atoms with E-state index in [9.17, 15) is 0 Å². The molecule has 3 rings (SSSR count). The van der Waals surface area contributed by atoms with Gasteiger partial charge in [0.25, 0.3) is 0 Å². The number of nitrogens with zero attached hydrogens (tertiary/aromatic N) is 3. The molecule has 7 heteroatoms. The topological polar surface area (TPSA) is 81.1 Å². The average molecular weight is 376 g/mol. The fourth-order valence-corrected chi connectivity index (χ4v) is 3.04. The molecule has 0 saturated carbocycles. The van der Waals surface area contributed by atoms with Crippen molar-refractivity contribution in [3.8, 4) is 0 Å². The SMILES string of the molecule is CC(C)N(Cc1ccc2nc(N)nc(N)c2c1)c1ccc(Cl)c(Cl)c1. The molecule has 0 fully saturated rings. The van der Waals surface area contributed by atoms with E-state index in [2.05, 4.69) is 28.7 Å². The summed E-state index contributed by atoms with van der Waals surface area (Å²) in [6, 6.07) is 11.8. The summed E-state index contributed by atoms with van der Waals surface area (Å²) in [7, 11) is 0. The minimum Gasteiger partial charge on any atom is -0.383 e. The molecule has 0 saturated heterocycles. The Morgan fingerprint density at radius 3 is 2.44 bits per heavy atom. The zero-order valence-corrected chi connectivity index (χ0v) is 15.5. The quantitative estimate of drug-likeness (QED) is 0.700. The first-order chi connectivity index (χ1) is 11.8. The molecular weight excluding hydrogens is 357 g/mol. The Morgan fingerprint density at radius 1 is 1.00 bits per heavy atom. The van der Waals surface area contributed by atoms with Crippen LogP contribution in [0.4, 0.5) is 17.5 Å². The highest BCUT2D eigenvalue weighted by Crippen LogP contribution is 2.30. The van der Waals surface area contributed by atoms with Gasteiger partial charge in [-0.2, -0.15) is 4.98 Å². The van der Waals surface area contributed by atoms with Crippen LogP contribution < -0.4 is 16.4 Å². The number of nitrogens with two attached hydrogens (primary N) is 2. The summed E-state index contributed by atoms with van der Waals surface area (Å²) in [6.45, 7) is 4.94. The first-order valence-electron chi connectivity index (χ1n) is 7.88. The number of hydrogen-bond acceptors (Lipinski definition) is 5. The van der Waals surface area contributed by atoms with Gasteiger partial charge in [0.15, 0.2) is 0 Å². The van der Waals surface area contributed by atoms with Gasteiger partial charge in [-0.3, -0.25) is 0 Å². The molecule has 1 aromatic heterocycles. The highest BCUT2D eigenvalue weighted by molar-refractivity contribution is 6.42. The number of benzene rings is 2. The van der Waals surface area contributed by atoms with Gasteiger partial charge in [0, 0.05) is 23.7 Å². The van der Waals surface area contributed by atoms with Crippen LogP contribution in [0.1, 0.15) is 19.4 Å². The molecule has 0 bridgehead atoms. The zero-order valence-electron chi connectivity index (χ0n) is 14.0. The van der Waals surface area contributed by atoms with Crippen LogP contribution in [0.5, 0.6) is 0 Å². The molecule has 0 radical (unpaired) electrons. The van der Waals surface area contributed by atoms with E-state index in [0.29, 0.717) is 22.4 Å². The van der Waals surface area contributed by atoms with Gasteiger partial charge in [0.05, 0.1) is 15.6 Å². The molecule has 2 aromatic carbocycles. The number of halogens is 2. The lowest BCUT2D eigenvalue weighted by Crippen LogP contribution is -2.30. The maximum Gasteiger partial charge on any atom is 0.222 e. The highest BCUT2D eigenvalue weighted by atomic mass is 35.5. The van der Waals surface area contributed by atoms with Crippen molar-refractivity contribution in [2.24, 2.45) is 0 Å². The van der Waals surface area contributed by atoms with Crippen molar-refractivity contribution in [2.75, 3.05) is 16.4 Å². The van der Waals surface area contributed by atoms with Crippen LogP contribution in [0.15, 0.2) is 36.4 Å². The largest absolute Gasteiger partial charge is 0.383 e. The molecule has 0 unspecified atom stereocenters. The van der Waals surface area contributed by atoms with Gasteiger partial charge in [-0.25, -0.2) is 4.98 Å².